The van der Waals surface area contributed by atoms with Crippen LogP contribution in [-0.4, -0.2) is 36.0 Å². The maximum absolute atomic E-state index is 13.9. The van der Waals surface area contributed by atoms with Gasteiger partial charge in [0.2, 0.25) is 0 Å². The molecule has 0 saturated carbocycles. The van der Waals surface area contributed by atoms with Gasteiger partial charge in [0, 0.05) is 23.7 Å². The van der Waals surface area contributed by atoms with Gasteiger partial charge in [-0.05, 0) is 65.1 Å². The third-order valence-electron chi connectivity index (χ3n) is 6.54. The fourth-order valence-corrected chi connectivity index (χ4v) is 6.88. The molecule has 0 saturated heterocycles. The maximum Gasteiger partial charge on any atom is 0.309 e. The largest absolute Gasteiger partial charge is 0.611 e. The summed E-state index contributed by atoms with van der Waals surface area (Å²) in [4.78, 5) is 14.9. The highest BCUT2D eigenvalue weighted by molar-refractivity contribution is 9.10. The number of ether oxygens (including phenoxy) is 2. The van der Waals surface area contributed by atoms with Crippen LogP contribution in [0.2, 0.25) is 0 Å². The van der Waals surface area contributed by atoms with Crippen molar-refractivity contribution in [1.82, 2.24) is 0 Å². The smallest absolute Gasteiger partial charge is 0.309 e. The molecule has 5 nitrogen and oxygen atoms in total. The average molecular weight is 565 g/mol. The molecular weight excluding hydrogens is 526 g/mol. The summed E-state index contributed by atoms with van der Waals surface area (Å²) in [5, 5.41) is 0. The molecule has 0 radical (unpaired) electrons. The van der Waals surface area contributed by atoms with Gasteiger partial charge in [0.05, 0.1) is 29.8 Å². The van der Waals surface area contributed by atoms with Crippen LogP contribution >= 0.6 is 15.9 Å². The summed E-state index contributed by atoms with van der Waals surface area (Å²) < 4.78 is 25.6. The van der Waals surface area contributed by atoms with Crippen molar-refractivity contribution in [1.29, 1.82) is 0 Å². The van der Waals surface area contributed by atoms with Crippen molar-refractivity contribution in [3.63, 3.8) is 0 Å². The summed E-state index contributed by atoms with van der Waals surface area (Å²) in [6.45, 7) is 7.64. The van der Waals surface area contributed by atoms with Gasteiger partial charge in [0.1, 0.15) is 11.5 Å². The van der Waals surface area contributed by atoms with Crippen LogP contribution in [0.1, 0.15) is 65.7 Å². The molecule has 0 spiro atoms. The van der Waals surface area contributed by atoms with Crippen molar-refractivity contribution < 1.29 is 18.8 Å². The quantitative estimate of drug-likeness (QED) is 0.199. The van der Waals surface area contributed by atoms with E-state index >= 15 is 0 Å². The zero-order valence-electron chi connectivity index (χ0n) is 21.2. The molecule has 0 N–H and O–H groups in total. The molecule has 0 aliphatic carbocycles. The van der Waals surface area contributed by atoms with Crippen LogP contribution in [-0.2, 0) is 20.7 Å². The number of carbonyl (C=O) groups is 1. The van der Waals surface area contributed by atoms with Crippen molar-refractivity contribution >= 4 is 44.4 Å². The first kappa shape index (κ1) is 27.9. The molecule has 0 fully saturated rings. The van der Waals surface area contributed by atoms with E-state index in [9.17, 15) is 9.35 Å². The fourth-order valence-electron chi connectivity index (χ4n) is 4.70. The molecule has 0 bridgehead atoms. The zero-order valence-corrected chi connectivity index (χ0v) is 23.6. The molecule has 2 aromatic carbocycles. The number of anilines is 2. The number of benzene rings is 2. The number of para-hydroxylation sites is 1. The highest BCUT2D eigenvalue weighted by Crippen LogP contribution is 2.47. The molecule has 3 rings (SSSR count). The SMILES string of the molecule is CCCCC1(CCCC)CN(c2ccccc2)c2cc(Br)c(OCCC(=O)OCC)cc2[S+]([O-])C1. The molecule has 35 heavy (non-hydrogen) atoms. The Kier molecular flexibility index (Phi) is 10.8. The number of hydrogen-bond donors (Lipinski definition) is 0. The average Bonchev–Trinajstić information content (AvgIpc) is 2.97. The normalized spacial score (nSPS) is 16.9. The minimum absolute atomic E-state index is 0.0247. The fraction of sp³-hybridized carbons (Fsp3) is 0.536. The predicted octanol–water partition coefficient (Wildman–Crippen LogP) is 7.41. The Labute approximate surface area is 221 Å². The second-order valence-corrected chi connectivity index (χ2v) is 11.5. The molecule has 192 valence electrons. The summed E-state index contributed by atoms with van der Waals surface area (Å²) in [6.07, 6.45) is 6.82. The van der Waals surface area contributed by atoms with Gasteiger partial charge in [-0.2, -0.15) is 0 Å². The Hall–Kier alpha value is -1.70. The lowest BCUT2D eigenvalue weighted by Gasteiger charge is -2.36. The topological polar surface area (TPSA) is 61.8 Å². The van der Waals surface area contributed by atoms with Gasteiger partial charge in [0.15, 0.2) is 4.90 Å². The van der Waals surface area contributed by atoms with Crippen LogP contribution in [0.5, 0.6) is 5.75 Å². The highest BCUT2D eigenvalue weighted by atomic mass is 79.9. The van der Waals surface area contributed by atoms with E-state index in [4.69, 9.17) is 9.47 Å². The van der Waals surface area contributed by atoms with E-state index in [0.29, 0.717) is 18.1 Å². The monoisotopic (exact) mass is 563 g/mol. The third-order valence-corrected chi connectivity index (χ3v) is 8.85. The van der Waals surface area contributed by atoms with Crippen LogP contribution in [0.4, 0.5) is 11.4 Å². The van der Waals surface area contributed by atoms with Gasteiger partial charge in [0.25, 0.3) is 0 Å². The number of rotatable bonds is 12. The number of esters is 1. The Morgan fingerprint density at radius 2 is 1.80 bits per heavy atom. The van der Waals surface area contributed by atoms with Crippen molar-refractivity contribution in [2.75, 3.05) is 30.4 Å². The standard InChI is InChI=1S/C28H38BrNO4S/c1-4-7-15-28(16-8-5-2)20-30(22-12-10-9-11-13-22)24-18-23(29)25(19-26(24)35(32)21-28)34-17-14-27(31)33-6-3/h9-13,18-19H,4-8,14-17,20-21H2,1-3H3. The van der Waals surface area contributed by atoms with Crippen molar-refractivity contribution in [3.8, 4) is 5.75 Å². The lowest BCUT2D eigenvalue weighted by molar-refractivity contribution is -0.143. The van der Waals surface area contributed by atoms with E-state index in [2.05, 4.69) is 58.9 Å². The van der Waals surface area contributed by atoms with Gasteiger partial charge in [-0.1, -0.05) is 57.7 Å². The zero-order chi connectivity index (χ0) is 25.3. The molecule has 1 atom stereocenters. The Morgan fingerprint density at radius 1 is 1.11 bits per heavy atom. The Morgan fingerprint density at radius 3 is 2.43 bits per heavy atom. The van der Waals surface area contributed by atoms with E-state index in [1.54, 1.807) is 6.92 Å². The van der Waals surface area contributed by atoms with Crippen molar-refractivity contribution in [2.24, 2.45) is 5.41 Å². The molecule has 7 heteroatoms. The summed E-state index contributed by atoms with van der Waals surface area (Å²) >= 11 is 2.49. The second-order valence-electron chi connectivity index (χ2n) is 9.27. The summed E-state index contributed by atoms with van der Waals surface area (Å²) in [5.74, 6) is 0.964. The van der Waals surface area contributed by atoms with E-state index in [1.807, 2.05) is 18.2 Å². The molecule has 1 heterocycles. The molecule has 0 aromatic heterocycles. The molecule has 0 amide bonds. The molecule has 1 aliphatic heterocycles. The van der Waals surface area contributed by atoms with E-state index in [0.717, 1.165) is 65.8 Å². The van der Waals surface area contributed by atoms with Gasteiger partial charge < -0.3 is 18.9 Å². The summed E-state index contributed by atoms with van der Waals surface area (Å²) in [6, 6.07) is 14.3. The van der Waals surface area contributed by atoms with E-state index < -0.39 is 11.2 Å². The number of carbonyl (C=O) groups excluding carboxylic acids is 1. The molecule has 1 aliphatic rings. The minimum Gasteiger partial charge on any atom is -0.611 e. The number of fused-ring (bicyclic) bond motifs is 1. The van der Waals surface area contributed by atoms with Crippen molar-refractivity contribution in [2.45, 2.75) is 70.6 Å². The predicted molar refractivity (Wildman–Crippen MR) is 147 cm³/mol. The van der Waals surface area contributed by atoms with Crippen LogP contribution in [0, 0.1) is 5.41 Å². The third kappa shape index (κ3) is 7.40. The van der Waals surface area contributed by atoms with Gasteiger partial charge in [-0.25, -0.2) is 0 Å². The lowest BCUT2D eigenvalue weighted by Crippen LogP contribution is -2.38. The summed E-state index contributed by atoms with van der Waals surface area (Å²) in [5.41, 5.74) is 2.03. The first-order valence-electron chi connectivity index (χ1n) is 12.8. The van der Waals surface area contributed by atoms with Crippen molar-refractivity contribution in [3.05, 3.63) is 46.9 Å². The molecular formula is C28H38BrNO4S. The Balaban J connectivity index is 1.99. The second kappa shape index (κ2) is 13.6. The van der Waals surface area contributed by atoms with Crippen LogP contribution in [0.15, 0.2) is 51.8 Å². The van der Waals surface area contributed by atoms with Crippen LogP contribution in [0.3, 0.4) is 0 Å². The van der Waals surface area contributed by atoms with Crippen LogP contribution < -0.4 is 9.64 Å². The molecule has 2 aromatic rings. The highest BCUT2D eigenvalue weighted by Gasteiger charge is 2.42. The van der Waals surface area contributed by atoms with Gasteiger partial charge >= 0.3 is 5.97 Å². The first-order valence-corrected chi connectivity index (χ1v) is 14.9. The Bertz CT molecular complexity index is 947. The van der Waals surface area contributed by atoms with Gasteiger partial charge in [-0.15, -0.1) is 0 Å². The van der Waals surface area contributed by atoms with Crippen LogP contribution in [0.25, 0.3) is 0 Å². The van der Waals surface area contributed by atoms with Gasteiger partial charge in [-0.3, -0.25) is 4.79 Å². The van der Waals surface area contributed by atoms with E-state index in [1.165, 1.54) is 0 Å². The molecule has 1 unspecified atom stereocenters. The number of unbranched alkanes of at least 4 members (excludes halogenated alkanes) is 2. The summed E-state index contributed by atoms with van der Waals surface area (Å²) in [7, 11) is 0. The number of hydrogen-bond acceptors (Lipinski definition) is 5. The number of halogens is 1. The number of nitrogens with zero attached hydrogens (tertiary/aromatic N) is 1. The minimum atomic E-state index is -1.17. The lowest BCUT2D eigenvalue weighted by atomic mass is 9.79. The van der Waals surface area contributed by atoms with E-state index in [-0.39, 0.29) is 24.4 Å². The first-order chi connectivity index (χ1) is 16.9. The maximum atomic E-state index is 13.9.